The second-order valence-corrected chi connectivity index (χ2v) is 9.09. The van der Waals surface area contributed by atoms with Crippen molar-refractivity contribution in [2.75, 3.05) is 19.6 Å². The molecule has 0 unspecified atom stereocenters. The van der Waals surface area contributed by atoms with Crippen LogP contribution in [0, 0.1) is 13.8 Å². The van der Waals surface area contributed by atoms with Gasteiger partial charge in [-0.15, -0.1) is 0 Å². The normalized spacial score (nSPS) is 15.7. The molecule has 0 aliphatic carbocycles. The molecule has 0 fully saturated rings. The molecule has 1 aliphatic heterocycles. The second-order valence-electron chi connectivity index (χ2n) is 7.44. The first-order valence-corrected chi connectivity index (χ1v) is 11.3. The summed E-state index contributed by atoms with van der Waals surface area (Å²) in [6.07, 6.45) is 1.85. The van der Waals surface area contributed by atoms with Gasteiger partial charge in [-0.2, -0.15) is 4.72 Å². The van der Waals surface area contributed by atoms with Crippen molar-refractivity contribution < 1.29 is 17.7 Å². The van der Waals surface area contributed by atoms with Gasteiger partial charge in [-0.1, -0.05) is 29.4 Å². The lowest BCUT2D eigenvalue weighted by molar-refractivity contribution is -0.122. The summed E-state index contributed by atoms with van der Waals surface area (Å²) in [6.45, 7) is 7.91. The van der Waals surface area contributed by atoms with Crippen LogP contribution in [0.3, 0.4) is 0 Å². The fourth-order valence-corrected chi connectivity index (χ4v) is 5.15. The van der Waals surface area contributed by atoms with Gasteiger partial charge < -0.3 is 9.84 Å². The number of nitrogens with zero attached hydrogens (tertiary/aromatic N) is 2. The van der Waals surface area contributed by atoms with Crippen LogP contribution in [-0.2, 0) is 27.8 Å². The lowest BCUT2D eigenvalue weighted by Crippen LogP contribution is -2.45. The molecule has 2 aromatic rings. The number of carbonyl (C=O) groups is 1. The van der Waals surface area contributed by atoms with E-state index in [0.29, 0.717) is 6.54 Å². The van der Waals surface area contributed by atoms with E-state index in [2.05, 4.69) is 44.4 Å². The van der Waals surface area contributed by atoms with Crippen molar-refractivity contribution in [1.82, 2.24) is 20.1 Å². The van der Waals surface area contributed by atoms with Gasteiger partial charge in [0.25, 0.3) is 0 Å². The van der Waals surface area contributed by atoms with Crippen LogP contribution in [0.15, 0.2) is 33.7 Å². The zero-order valence-electron chi connectivity index (χ0n) is 17.1. The van der Waals surface area contributed by atoms with Crippen molar-refractivity contribution >= 4 is 15.9 Å². The van der Waals surface area contributed by atoms with Crippen LogP contribution in [0.5, 0.6) is 0 Å². The van der Waals surface area contributed by atoms with E-state index in [0.717, 1.165) is 32.5 Å². The molecule has 1 aliphatic rings. The molecule has 2 heterocycles. The van der Waals surface area contributed by atoms with Crippen LogP contribution in [-0.4, -0.2) is 50.1 Å². The van der Waals surface area contributed by atoms with E-state index in [1.165, 1.54) is 25.0 Å². The molecule has 0 saturated carbocycles. The van der Waals surface area contributed by atoms with Gasteiger partial charge in [-0.3, -0.25) is 9.69 Å². The van der Waals surface area contributed by atoms with Crippen molar-refractivity contribution in [3.8, 4) is 0 Å². The first-order chi connectivity index (χ1) is 13.8. The highest BCUT2D eigenvalue weighted by molar-refractivity contribution is 7.89. The molecule has 9 heteroatoms. The van der Waals surface area contributed by atoms with E-state index in [1.807, 2.05) is 0 Å². The number of aromatic nitrogens is 1. The lowest BCUT2D eigenvalue weighted by atomic mass is 10.00. The molecule has 0 radical (unpaired) electrons. The standard InChI is InChI=1S/C20H28N4O4S/c1-14-19(16(3)28-22-14)29(26,27)23-15(2)20(25)21-10-6-11-24-12-9-17-7-4-5-8-18(17)13-24/h4-5,7-8,15,23H,6,9-13H2,1-3H3,(H,21,25)/t15-/m0/s1. The van der Waals surface area contributed by atoms with Gasteiger partial charge in [-0.25, -0.2) is 8.42 Å². The van der Waals surface area contributed by atoms with Gasteiger partial charge >= 0.3 is 0 Å². The Labute approximate surface area is 171 Å². The Balaban J connectivity index is 1.43. The van der Waals surface area contributed by atoms with Crippen LogP contribution in [0.25, 0.3) is 0 Å². The van der Waals surface area contributed by atoms with E-state index in [-0.39, 0.29) is 22.3 Å². The van der Waals surface area contributed by atoms with Gasteiger partial charge in [0.15, 0.2) is 5.76 Å². The molecular weight excluding hydrogens is 392 g/mol. The molecule has 3 rings (SSSR count). The molecule has 1 aromatic carbocycles. The molecule has 1 amide bonds. The second kappa shape index (κ2) is 9.06. The lowest BCUT2D eigenvalue weighted by Gasteiger charge is -2.28. The first kappa shape index (κ1) is 21.5. The van der Waals surface area contributed by atoms with E-state index in [1.54, 1.807) is 6.92 Å². The number of hydrogen-bond donors (Lipinski definition) is 2. The third kappa shape index (κ3) is 5.23. The number of nitrogens with one attached hydrogen (secondary N) is 2. The molecule has 29 heavy (non-hydrogen) atoms. The van der Waals surface area contributed by atoms with Crippen LogP contribution >= 0.6 is 0 Å². The molecule has 0 spiro atoms. The van der Waals surface area contributed by atoms with Gasteiger partial charge in [-0.05, 0) is 44.7 Å². The molecule has 158 valence electrons. The molecular formula is C20H28N4O4S. The highest BCUT2D eigenvalue weighted by Crippen LogP contribution is 2.19. The SMILES string of the molecule is Cc1noc(C)c1S(=O)(=O)N[C@@H](C)C(=O)NCCCN1CCc2ccccc2C1. The Morgan fingerprint density at radius 3 is 2.69 bits per heavy atom. The summed E-state index contributed by atoms with van der Waals surface area (Å²) in [5.41, 5.74) is 3.05. The maximum Gasteiger partial charge on any atom is 0.246 e. The topological polar surface area (TPSA) is 105 Å². The number of benzene rings is 1. The summed E-state index contributed by atoms with van der Waals surface area (Å²) in [5, 5.41) is 6.46. The van der Waals surface area contributed by atoms with Crippen LogP contribution in [0.4, 0.5) is 0 Å². The van der Waals surface area contributed by atoms with Crippen LogP contribution < -0.4 is 10.0 Å². The number of sulfonamides is 1. The van der Waals surface area contributed by atoms with Crippen LogP contribution in [0.2, 0.25) is 0 Å². The van der Waals surface area contributed by atoms with E-state index in [9.17, 15) is 13.2 Å². The minimum Gasteiger partial charge on any atom is -0.360 e. The third-order valence-corrected chi connectivity index (χ3v) is 6.91. The maximum atomic E-state index is 12.5. The summed E-state index contributed by atoms with van der Waals surface area (Å²) < 4.78 is 32.3. The fourth-order valence-electron chi connectivity index (χ4n) is 3.62. The number of rotatable bonds is 8. The molecule has 1 atom stereocenters. The predicted molar refractivity (Wildman–Crippen MR) is 109 cm³/mol. The highest BCUT2D eigenvalue weighted by atomic mass is 32.2. The maximum absolute atomic E-state index is 12.5. The Kier molecular flexibility index (Phi) is 6.71. The molecule has 2 N–H and O–H groups in total. The van der Waals surface area contributed by atoms with Gasteiger partial charge in [0.2, 0.25) is 15.9 Å². The van der Waals surface area contributed by atoms with E-state index < -0.39 is 16.1 Å². The zero-order chi connectivity index (χ0) is 21.0. The number of aryl methyl sites for hydroxylation is 2. The molecule has 0 bridgehead atoms. The monoisotopic (exact) mass is 420 g/mol. The predicted octanol–water partition coefficient (Wildman–Crippen LogP) is 1.52. The Bertz CT molecular complexity index is 951. The van der Waals surface area contributed by atoms with Crippen molar-refractivity contribution in [3.63, 3.8) is 0 Å². The van der Waals surface area contributed by atoms with Gasteiger partial charge in [0.05, 0.1) is 6.04 Å². The Morgan fingerprint density at radius 1 is 1.28 bits per heavy atom. The van der Waals surface area contributed by atoms with Crippen molar-refractivity contribution in [3.05, 3.63) is 46.8 Å². The number of fused-ring (bicyclic) bond motifs is 1. The molecule has 0 saturated heterocycles. The van der Waals surface area contributed by atoms with Crippen molar-refractivity contribution in [2.24, 2.45) is 0 Å². The number of hydrogen-bond acceptors (Lipinski definition) is 6. The quantitative estimate of drug-likeness (QED) is 0.628. The summed E-state index contributed by atoms with van der Waals surface area (Å²) >= 11 is 0. The third-order valence-electron chi connectivity index (χ3n) is 5.12. The minimum absolute atomic E-state index is 0.0115. The fraction of sp³-hybridized carbons (Fsp3) is 0.500. The Morgan fingerprint density at radius 2 is 2.00 bits per heavy atom. The largest absolute Gasteiger partial charge is 0.360 e. The molecule has 1 aromatic heterocycles. The number of carbonyl (C=O) groups excluding carboxylic acids is 1. The number of amides is 1. The summed E-state index contributed by atoms with van der Waals surface area (Å²) in [6, 6.07) is 7.59. The van der Waals surface area contributed by atoms with Crippen molar-refractivity contribution in [1.29, 1.82) is 0 Å². The highest BCUT2D eigenvalue weighted by Gasteiger charge is 2.28. The molecule has 8 nitrogen and oxygen atoms in total. The Hall–Kier alpha value is -2.23. The van der Waals surface area contributed by atoms with E-state index >= 15 is 0 Å². The first-order valence-electron chi connectivity index (χ1n) is 9.80. The minimum atomic E-state index is -3.87. The average molecular weight is 421 g/mol. The smallest absolute Gasteiger partial charge is 0.246 e. The van der Waals surface area contributed by atoms with Crippen molar-refractivity contribution in [2.45, 2.75) is 51.1 Å². The van der Waals surface area contributed by atoms with Gasteiger partial charge in [0.1, 0.15) is 10.6 Å². The summed E-state index contributed by atoms with van der Waals surface area (Å²) in [4.78, 5) is 14.6. The average Bonchev–Trinajstić information content (AvgIpc) is 3.03. The van der Waals surface area contributed by atoms with E-state index in [4.69, 9.17) is 4.52 Å². The summed E-state index contributed by atoms with van der Waals surface area (Å²) in [5.74, 6) is -0.157. The summed E-state index contributed by atoms with van der Waals surface area (Å²) in [7, 11) is -3.87. The van der Waals surface area contributed by atoms with Gasteiger partial charge in [0, 0.05) is 26.2 Å². The van der Waals surface area contributed by atoms with Crippen LogP contribution in [0.1, 0.15) is 35.9 Å². The zero-order valence-corrected chi connectivity index (χ0v) is 17.9.